The van der Waals surface area contributed by atoms with Crippen LogP contribution in [0.15, 0.2) is 24.3 Å². The van der Waals surface area contributed by atoms with Crippen molar-refractivity contribution in [2.45, 2.75) is 25.2 Å². The van der Waals surface area contributed by atoms with Crippen molar-refractivity contribution < 1.29 is 14.2 Å². The van der Waals surface area contributed by atoms with E-state index in [9.17, 15) is 0 Å². The Morgan fingerprint density at radius 2 is 2.12 bits per heavy atom. The molecule has 0 amide bonds. The van der Waals surface area contributed by atoms with Gasteiger partial charge in [0.1, 0.15) is 5.75 Å². The van der Waals surface area contributed by atoms with Crippen molar-refractivity contribution in [3.8, 4) is 5.75 Å². The third-order valence-corrected chi connectivity index (χ3v) is 3.37. The van der Waals surface area contributed by atoms with E-state index >= 15 is 0 Å². The molecule has 0 bridgehead atoms. The number of halogens is 1. The summed E-state index contributed by atoms with van der Waals surface area (Å²) in [5.74, 6) is 0.635. The van der Waals surface area contributed by atoms with E-state index in [0.717, 1.165) is 17.7 Å². The maximum absolute atomic E-state index is 5.91. The zero-order valence-electron chi connectivity index (χ0n) is 10.1. The molecule has 1 aromatic rings. The topological polar surface area (TPSA) is 27.7 Å². The van der Waals surface area contributed by atoms with E-state index in [2.05, 4.69) is 0 Å². The summed E-state index contributed by atoms with van der Waals surface area (Å²) in [4.78, 5) is 0. The number of alkyl halides is 1. The molecule has 1 heterocycles. The van der Waals surface area contributed by atoms with Crippen LogP contribution in [0.3, 0.4) is 0 Å². The number of methoxy groups -OCH3 is 1. The molecule has 4 heteroatoms. The third kappa shape index (κ3) is 2.41. The van der Waals surface area contributed by atoms with Gasteiger partial charge in [-0.3, -0.25) is 0 Å². The van der Waals surface area contributed by atoms with E-state index in [1.165, 1.54) is 0 Å². The second-order valence-corrected chi connectivity index (χ2v) is 4.35. The van der Waals surface area contributed by atoms with Gasteiger partial charge in [-0.1, -0.05) is 6.92 Å². The maximum atomic E-state index is 5.91. The molecule has 2 atom stereocenters. The Morgan fingerprint density at radius 1 is 1.41 bits per heavy atom. The molecule has 0 saturated carbocycles. The molecule has 1 saturated heterocycles. The van der Waals surface area contributed by atoms with E-state index in [1.54, 1.807) is 7.11 Å². The van der Waals surface area contributed by atoms with Crippen molar-refractivity contribution in [2.24, 2.45) is 0 Å². The highest BCUT2D eigenvalue weighted by molar-refractivity contribution is 6.18. The molecule has 2 unspecified atom stereocenters. The van der Waals surface area contributed by atoms with Gasteiger partial charge in [0.2, 0.25) is 0 Å². The van der Waals surface area contributed by atoms with Gasteiger partial charge in [0.15, 0.2) is 5.79 Å². The lowest BCUT2D eigenvalue weighted by molar-refractivity contribution is -0.176. The van der Waals surface area contributed by atoms with Gasteiger partial charge in [0.25, 0.3) is 0 Å². The number of hydrogen-bond donors (Lipinski definition) is 0. The van der Waals surface area contributed by atoms with Crippen LogP contribution < -0.4 is 4.74 Å². The average Bonchev–Trinajstić information content (AvgIpc) is 2.84. The molecule has 0 N–H and O–H groups in total. The van der Waals surface area contributed by atoms with Crippen molar-refractivity contribution in [1.29, 1.82) is 0 Å². The van der Waals surface area contributed by atoms with Gasteiger partial charge in [-0.25, -0.2) is 0 Å². The fourth-order valence-corrected chi connectivity index (χ4v) is 2.18. The lowest BCUT2D eigenvalue weighted by atomic mass is 10.0. The predicted octanol–water partition coefficient (Wildman–Crippen LogP) is 2.91. The van der Waals surface area contributed by atoms with Crippen molar-refractivity contribution in [2.75, 3.05) is 19.6 Å². The van der Waals surface area contributed by atoms with Crippen molar-refractivity contribution in [3.63, 3.8) is 0 Å². The summed E-state index contributed by atoms with van der Waals surface area (Å²) >= 11 is 5.80. The Kier molecular flexibility index (Phi) is 3.92. The van der Waals surface area contributed by atoms with E-state index in [1.807, 2.05) is 31.2 Å². The number of rotatable bonds is 4. The van der Waals surface area contributed by atoms with Gasteiger partial charge < -0.3 is 14.2 Å². The highest BCUT2D eigenvalue weighted by Crippen LogP contribution is 2.38. The fourth-order valence-electron chi connectivity index (χ4n) is 2.03. The number of benzene rings is 1. The Hall–Kier alpha value is -0.770. The monoisotopic (exact) mass is 256 g/mol. The molecule has 17 heavy (non-hydrogen) atoms. The second kappa shape index (κ2) is 5.25. The largest absolute Gasteiger partial charge is 0.497 e. The summed E-state index contributed by atoms with van der Waals surface area (Å²) in [6.45, 7) is 2.59. The van der Waals surface area contributed by atoms with Crippen molar-refractivity contribution in [3.05, 3.63) is 29.8 Å². The first kappa shape index (κ1) is 12.7. The number of hydrogen-bond acceptors (Lipinski definition) is 3. The van der Waals surface area contributed by atoms with Gasteiger partial charge in [-0.2, -0.15) is 0 Å². The summed E-state index contributed by atoms with van der Waals surface area (Å²) in [7, 11) is 1.65. The average molecular weight is 257 g/mol. The molecule has 1 fully saturated rings. The molecular formula is C13H17ClO3. The quantitative estimate of drug-likeness (QED) is 0.776. The Labute approximate surface area is 107 Å². The first-order valence-electron chi connectivity index (χ1n) is 5.76. The highest BCUT2D eigenvalue weighted by atomic mass is 35.5. The fraction of sp³-hybridized carbons (Fsp3) is 0.538. The van der Waals surface area contributed by atoms with E-state index < -0.39 is 5.79 Å². The summed E-state index contributed by atoms with van der Waals surface area (Å²) in [6.07, 6.45) is 0.728. The van der Waals surface area contributed by atoms with Gasteiger partial charge >= 0.3 is 0 Å². The normalized spacial score (nSPS) is 28.3. The van der Waals surface area contributed by atoms with Gasteiger partial charge in [-0.15, -0.1) is 11.6 Å². The highest BCUT2D eigenvalue weighted by Gasteiger charge is 2.41. The smallest absolute Gasteiger partial charge is 0.195 e. The van der Waals surface area contributed by atoms with E-state index in [-0.39, 0.29) is 6.10 Å². The van der Waals surface area contributed by atoms with Crippen molar-refractivity contribution in [1.82, 2.24) is 0 Å². The van der Waals surface area contributed by atoms with Gasteiger partial charge in [0.05, 0.1) is 25.7 Å². The van der Waals surface area contributed by atoms with Crippen LogP contribution in [0.4, 0.5) is 0 Å². The predicted molar refractivity (Wildman–Crippen MR) is 66.5 cm³/mol. The summed E-state index contributed by atoms with van der Waals surface area (Å²) < 4.78 is 16.9. The Balaban J connectivity index is 2.22. The molecule has 0 spiro atoms. The third-order valence-electron chi connectivity index (χ3n) is 3.03. The SMILES string of the molecule is CCC1(c2ccc(OC)cc2)OCC(CCl)O1. The molecule has 3 nitrogen and oxygen atoms in total. The molecule has 1 aliphatic rings. The zero-order chi connectivity index (χ0) is 12.3. The zero-order valence-corrected chi connectivity index (χ0v) is 10.9. The van der Waals surface area contributed by atoms with Crippen LogP contribution in [-0.4, -0.2) is 25.7 Å². The molecule has 94 valence electrons. The minimum Gasteiger partial charge on any atom is -0.497 e. The van der Waals surface area contributed by atoms with Crippen molar-refractivity contribution >= 4 is 11.6 Å². The molecule has 2 rings (SSSR count). The van der Waals surface area contributed by atoms with Crippen LogP contribution in [0, 0.1) is 0 Å². The van der Waals surface area contributed by atoms with Gasteiger partial charge in [0, 0.05) is 12.0 Å². The maximum Gasteiger partial charge on any atom is 0.195 e. The van der Waals surface area contributed by atoms with Crippen LogP contribution in [0.2, 0.25) is 0 Å². The minimum absolute atomic E-state index is 0.0290. The molecule has 0 aromatic heterocycles. The summed E-state index contributed by atoms with van der Waals surface area (Å²) in [6, 6.07) is 7.76. The lowest BCUT2D eigenvalue weighted by Crippen LogP contribution is -2.27. The van der Waals surface area contributed by atoms with Gasteiger partial charge in [-0.05, 0) is 24.3 Å². The standard InChI is InChI=1S/C13H17ClO3/c1-3-13(16-9-12(8-14)17-13)10-4-6-11(15-2)7-5-10/h4-7,12H,3,8-9H2,1-2H3. The lowest BCUT2D eigenvalue weighted by Gasteiger charge is -2.27. The van der Waals surface area contributed by atoms with E-state index in [4.69, 9.17) is 25.8 Å². The second-order valence-electron chi connectivity index (χ2n) is 4.04. The number of ether oxygens (including phenoxy) is 3. The Morgan fingerprint density at radius 3 is 2.59 bits per heavy atom. The van der Waals surface area contributed by atoms with Crippen LogP contribution in [0.1, 0.15) is 18.9 Å². The van der Waals surface area contributed by atoms with E-state index in [0.29, 0.717) is 12.5 Å². The first-order valence-corrected chi connectivity index (χ1v) is 6.30. The van der Waals surface area contributed by atoms with Crippen LogP contribution >= 0.6 is 11.6 Å². The molecular weight excluding hydrogens is 240 g/mol. The first-order chi connectivity index (χ1) is 8.24. The molecule has 0 aliphatic carbocycles. The Bertz CT molecular complexity index is 365. The summed E-state index contributed by atoms with van der Waals surface area (Å²) in [5, 5.41) is 0. The van der Waals surface area contributed by atoms with Crippen LogP contribution in [0.5, 0.6) is 5.75 Å². The molecule has 1 aliphatic heterocycles. The molecule has 1 aromatic carbocycles. The summed E-state index contributed by atoms with van der Waals surface area (Å²) in [5.41, 5.74) is 1.01. The minimum atomic E-state index is -0.647. The van der Waals surface area contributed by atoms with Crippen LogP contribution in [-0.2, 0) is 15.3 Å². The van der Waals surface area contributed by atoms with Crippen LogP contribution in [0.25, 0.3) is 0 Å². The molecule has 0 radical (unpaired) electrons.